The number of carbonyl (C=O) groups excluding carboxylic acids is 5. The molecule has 5 amide bonds. The number of hydrogen-bond donors (Lipinski definition) is 4. The number of aromatic amines is 1. The molecule has 2 aromatic carbocycles. The highest BCUT2D eigenvalue weighted by atomic mass is 35.5. The Bertz CT molecular complexity index is 2890. The third-order valence-corrected chi connectivity index (χ3v) is 14.6. The third-order valence-electron chi connectivity index (χ3n) is 12.3. The first-order chi connectivity index (χ1) is 32.7. The fourth-order valence-corrected chi connectivity index (χ4v) is 11.1. The van der Waals surface area contributed by atoms with Crippen LogP contribution in [0.3, 0.4) is 0 Å². The molecule has 9 rings (SSSR count). The Balaban J connectivity index is 0.646. The highest BCUT2D eigenvalue weighted by molar-refractivity contribution is 7.89. The largest absolute Gasteiger partial charge is 0.486 e. The van der Waals surface area contributed by atoms with Crippen molar-refractivity contribution >= 4 is 85.2 Å². The number of rotatable bonds is 19. The van der Waals surface area contributed by atoms with Crippen molar-refractivity contribution in [3.8, 4) is 17.0 Å². The van der Waals surface area contributed by atoms with Gasteiger partial charge in [0.05, 0.1) is 65.4 Å². The van der Waals surface area contributed by atoms with Gasteiger partial charge in [0.1, 0.15) is 29.4 Å². The number of ether oxygens (including phenoxy) is 3. The van der Waals surface area contributed by atoms with Crippen LogP contribution in [-0.4, -0.2) is 145 Å². The number of aromatic nitrogens is 4. The van der Waals surface area contributed by atoms with Crippen LogP contribution in [0.4, 0.5) is 11.5 Å². The molecule has 2 atom stereocenters. The Morgan fingerprint density at radius 2 is 1.71 bits per heavy atom. The standard InChI is InChI=1S/C45H46Cl2N10O10S/c1-26(39-31(46)19-48-20-32(39)47)67-28-6-7-33-30(17-28)41(54-53-33)27-5-9-36(51-18-27)55-22-45(23-55)24-56(25-45)68(63,64)16-15-66-14-13-65-12-11-49-38(59)21-50-34-4-2-3-29-40(34)44(62)57(43(29)61)35-8-10-37(58)52-42(35)60/h2-7,9,17-20,26,35,50H,8,10-16,21-25H2,1H3,(H,49,59)(H,53,54)(H,52,58,60)/t26-,35?/m1/s1. The lowest BCUT2D eigenvalue weighted by molar-refractivity contribution is -0.136. The highest BCUT2D eigenvalue weighted by Crippen LogP contribution is 2.43. The number of H-pyrrole nitrogens is 1. The molecule has 1 spiro atoms. The van der Waals surface area contributed by atoms with Crippen molar-refractivity contribution in [1.82, 2.24) is 40.0 Å². The smallest absolute Gasteiger partial charge is 0.264 e. The summed E-state index contributed by atoms with van der Waals surface area (Å²) in [6.07, 6.45) is 4.45. The summed E-state index contributed by atoms with van der Waals surface area (Å²) in [5.41, 5.74) is 3.33. The Hall–Kier alpha value is -6.23. The zero-order valence-electron chi connectivity index (χ0n) is 36.6. The van der Waals surface area contributed by atoms with Crippen molar-refractivity contribution in [2.24, 2.45) is 5.41 Å². The quantitative estimate of drug-likeness (QED) is 0.0682. The highest BCUT2D eigenvalue weighted by Gasteiger charge is 2.55. The molecule has 23 heteroatoms. The molecule has 0 radical (unpaired) electrons. The number of hydrogen-bond acceptors (Lipinski definition) is 15. The summed E-state index contributed by atoms with van der Waals surface area (Å²) in [5.74, 6) is -1.63. The van der Waals surface area contributed by atoms with E-state index in [0.717, 1.165) is 32.9 Å². The van der Waals surface area contributed by atoms with Gasteiger partial charge < -0.3 is 29.7 Å². The monoisotopic (exact) mass is 988 g/mol. The number of carbonyl (C=O) groups is 5. The van der Waals surface area contributed by atoms with Gasteiger partial charge in [-0.15, -0.1) is 0 Å². The summed E-state index contributed by atoms with van der Waals surface area (Å²) in [5, 5.41) is 17.1. The predicted octanol–water partition coefficient (Wildman–Crippen LogP) is 3.58. The molecule has 0 saturated carbocycles. The average molecular weight is 990 g/mol. The number of sulfonamides is 1. The number of nitrogens with one attached hydrogen (secondary N) is 4. The third kappa shape index (κ3) is 9.58. The molecule has 0 bridgehead atoms. The first-order valence-corrected chi connectivity index (χ1v) is 24.2. The molecule has 3 aromatic heterocycles. The van der Waals surface area contributed by atoms with Gasteiger partial charge in [0.25, 0.3) is 11.8 Å². The molecule has 4 aliphatic heterocycles. The van der Waals surface area contributed by atoms with Gasteiger partial charge in [-0.05, 0) is 55.8 Å². The summed E-state index contributed by atoms with van der Waals surface area (Å²) in [7, 11) is -3.51. The van der Waals surface area contributed by atoms with Gasteiger partial charge in [-0.25, -0.2) is 17.7 Å². The van der Waals surface area contributed by atoms with Crippen LogP contribution >= 0.6 is 23.2 Å². The van der Waals surface area contributed by atoms with Crippen molar-refractivity contribution in [3.05, 3.63) is 93.9 Å². The zero-order chi connectivity index (χ0) is 47.7. The molecule has 20 nitrogen and oxygen atoms in total. The van der Waals surface area contributed by atoms with Crippen molar-refractivity contribution in [3.63, 3.8) is 0 Å². The number of pyridine rings is 2. The van der Waals surface area contributed by atoms with Crippen molar-refractivity contribution in [1.29, 1.82) is 0 Å². The van der Waals surface area contributed by atoms with E-state index in [4.69, 9.17) is 42.4 Å². The van der Waals surface area contributed by atoms with E-state index in [0.29, 0.717) is 47.5 Å². The van der Waals surface area contributed by atoms with Crippen LogP contribution in [0.5, 0.6) is 5.75 Å². The summed E-state index contributed by atoms with van der Waals surface area (Å²) in [4.78, 5) is 74.5. The van der Waals surface area contributed by atoms with Crippen LogP contribution in [0.25, 0.3) is 22.2 Å². The molecule has 4 N–H and O–H groups in total. The molecule has 0 aliphatic carbocycles. The van der Waals surface area contributed by atoms with Crippen LogP contribution in [0, 0.1) is 5.41 Å². The molecule has 1 unspecified atom stereocenters. The average Bonchev–Trinajstić information content (AvgIpc) is 3.81. The zero-order valence-corrected chi connectivity index (χ0v) is 39.0. The number of nitrogens with zero attached hydrogens (tertiary/aromatic N) is 6. The van der Waals surface area contributed by atoms with E-state index in [-0.39, 0.29) is 80.3 Å². The summed E-state index contributed by atoms with van der Waals surface area (Å²) < 4.78 is 44.8. The second kappa shape index (κ2) is 19.4. The number of piperidine rings is 1. The second-order valence-corrected chi connectivity index (χ2v) is 19.9. The number of fused-ring (bicyclic) bond motifs is 2. The van der Waals surface area contributed by atoms with Crippen LogP contribution < -0.4 is 25.6 Å². The maximum Gasteiger partial charge on any atom is 0.264 e. The van der Waals surface area contributed by atoms with Gasteiger partial charge in [-0.1, -0.05) is 29.3 Å². The lowest BCUT2D eigenvalue weighted by Gasteiger charge is -2.59. The van der Waals surface area contributed by atoms with Gasteiger partial charge in [0.2, 0.25) is 27.7 Å². The molecular formula is C45H46Cl2N10O10S. The minimum atomic E-state index is -3.51. The Morgan fingerprint density at radius 3 is 2.44 bits per heavy atom. The van der Waals surface area contributed by atoms with Gasteiger partial charge >= 0.3 is 0 Å². The molecule has 5 aromatic rings. The van der Waals surface area contributed by atoms with Crippen LogP contribution in [0.1, 0.15) is 52.1 Å². The number of benzene rings is 2. The Kier molecular flexibility index (Phi) is 13.4. The normalized spacial score (nSPS) is 18.3. The number of anilines is 2. The van der Waals surface area contributed by atoms with Gasteiger partial charge in [0.15, 0.2) is 0 Å². The van der Waals surface area contributed by atoms with Gasteiger partial charge in [-0.3, -0.25) is 44.3 Å². The molecule has 68 heavy (non-hydrogen) atoms. The van der Waals surface area contributed by atoms with Gasteiger partial charge in [-0.2, -0.15) is 5.10 Å². The summed E-state index contributed by atoms with van der Waals surface area (Å²) >= 11 is 12.7. The lowest BCUT2D eigenvalue weighted by Crippen LogP contribution is -2.73. The summed E-state index contributed by atoms with van der Waals surface area (Å²) in [6.45, 7) is 4.64. The van der Waals surface area contributed by atoms with Crippen molar-refractivity contribution in [2.45, 2.75) is 31.9 Å². The Labute approximate surface area is 400 Å². The fourth-order valence-electron chi connectivity index (χ4n) is 8.87. The topological polar surface area (TPSA) is 247 Å². The van der Waals surface area contributed by atoms with Crippen LogP contribution in [0.15, 0.2) is 67.1 Å². The minimum absolute atomic E-state index is 0.00580. The van der Waals surface area contributed by atoms with Crippen LogP contribution in [0.2, 0.25) is 10.0 Å². The van der Waals surface area contributed by atoms with Crippen LogP contribution in [-0.2, 0) is 33.9 Å². The number of amides is 5. The first-order valence-electron chi connectivity index (χ1n) is 21.8. The SMILES string of the molecule is C[C@@H](Oc1ccc2[nH]nc(-c3ccc(N4CC5(C4)CN(S(=O)(=O)CCOCCOCCNC(=O)CNc4cccc6c4C(=O)N(C4CCC(=O)NC4=O)C6=O)C5)nc3)c2c1)c1c(Cl)cncc1Cl. The number of halogens is 2. The summed E-state index contributed by atoms with van der Waals surface area (Å²) in [6, 6.07) is 13.1. The molecule has 3 fully saturated rings. The molecular weight excluding hydrogens is 944 g/mol. The maximum absolute atomic E-state index is 13.3. The molecule has 3 saturated heterocycles. The first kappa shape index (κ1) is 46.9. The van der Waals surface area contributed by atoms with Crippen molar-refractivity contribution < 1.29 is 46.6 Å². The van der Waals surface area contributed by atoms with E-state index in [2.05, 4.69) is 36.0 Å². The maximum atomic E-state index is 13.3. The van der Waals surface area contributed by atoms with E-state index in [1.165, 1.54) is 22.8 Å². The molecule has 7 heterocycles. The second-order valence-electron chi connectivity index (χ2n) is 17.0. The molecule has 356 valence electrons. The number of imide groups is 2. The predicted molar refractivity (Wildman–Crippen MR) is 249 cm³/mol. The van der Waals surface area contributed by atoms with Gasteiger partial charge in [0, 0.05) is 85.4 Å². The molecule has 4 aliphatic rings. The Morgan fingerprint density at radius 1 is 0.941 bits per heavy atom. The fraction of sp³-hybridized carbons (Fsp3) is 0.378. The van der Waals surface area contributed by atoms with E-state index >= 15 is 0 Å². The minimum Gasteiger partial charge on any atom is -0.486 e. The lowest BCUT2D eigenvalue weighted by atomic mass is 9.74. The van der Waals surface area contributed by atoms with E-state index in [1.807, 2.05) is 37.3 Å². The van der Waals surface area contributed by atoms with E-state index in [9.17, 15) is 32.4 Å². The van der Waals surface area contributed by atoms with E-state index in [1.54, 1.807) is 18.3 Å². The van der Waals surface area contributed by atoms with E-state index < -0.39 is 51.7 Å². The van der Waals surface area contributed by atoms with Crippen molar-refractivity contribution in [2.75, 3.05) is 81.7 Å².